The van der Waals surface area contributed by atoms with Crippen molar-refractivity contribution in [2.75, 3.05) is 0 Å². The van der Waals surface area contributed by atoms with E-state index in [9.17, 15) is 0 Å². The summed E-state index contributed by atoms with van der Waals surface area (Å²) in [6.45, 7) is 2.27. The quantitative estimate of drug-likeness (QED) is 0.373. The van der Waals surface area contributed by atoms with E-state index in [1.54, 1.807) is 11.3 Å². The Bertz CT molecular complexity index is 346. The zero-order chi connectivity index (χ0) is 14.8. The van der Waals surface area contributed by atoms with Crippen molar-refractivity contribution in [3.63, 3.8) is 0 Å². The van der Waals surface area contributed by atoms with E-state index in [1.165, 1.54) is 62.7 Å². The van der Waals surface area contributed by atoms with Crippen LogP contribution in [0.1, 0.15) is 82.1 Å². The highest BCUT2D eigenvalue weighted by molar-refractivity contribution is 9.13. The minimum absolute atomic E-state index is 0.201. The van der Waals surface area contributed by atoms with Crippen molar-refractivity contribution >= 4 is 43.2 Å². The first kappa shape index (κ1) is 18.7. The monoisotopic (exact) mass is 423 g/mol. The van der Waals surface area contributed by atoms with Crippen LogP contribution in [0.5, 0.6) is 0 Å². The third-order valence-corrected chi connectivity index (χ3v) is 7.04. The molecule has 0 aliphatic rings. The van der Waals surface area contributed by atoms with Gasteiger partial charge in [0.2, 0.25) is 0 Å². The SMILES string of the molecule is CCCCCCCCCCCC(N)c1cc(Br)c(Br)s1. The zero-order valence-electron chi connectivity index (χ0n) is 12.5. The van der Waals surface area contributed by atoms with Crippen LogP contribution in [0.4, 0.5) is 0 Å². The Morgan fingerprint density at radius 1 is 1.00 bits per heavy atom. The number of halogens is 2. The molecule has 1 rings (SSSR count). The Labute approximate surface area is 145 Å². The van der Waals surface area contributed by atoms with Gasteiger partial charge in [-0.25, -0.2) is 0 Å². The van der Waals surface area contributed by atoms with Gasteiger partial charge in [-0.3, -0.25) is 0 Å². The van der Waals surface area contributed by atoms with Crippen LogP contribution in [0.3, 0.4) is 0 Å². The number of unbranched alkanes of at least 4 members (excludes halogenated alkanes) is 8. The molecule has 0 aliphatic heterocycles. The van der Waals surface area contributed by atoms with Crippen molar-refractivity contribution in [1.82, 2.24) is 0 Å². The summed E-state index contributed by atoms with van der Waals surface area (Å²) >= 11 is 8.80. The van der Waals surface area contributed by atoms with Crippen molar-refractivity contribution in [1.29, 1.82) is 0 Å². The van der Waals surface area contributed by atoms with Crippen LogP contribution < -0.4 is 5.73 Å². The lowest BCUT2D eigenvalue weighted by molar-refractivity contribution is 0.535. The molecule has 1 nitrogen and oxygen atoms in total. The Kier molecular flexibility index (Phi) is 10.5. The average Bonchev–Trinajstić information content (AvgIpc) is 2.77. The van der Waals surface area contributed by atoms with Gasteiger partial charge < -0.3 is 5.73 Å². The highest BCUT2D eigenvalue weighted by Crippen LogP contribution is 2.36. The van der Waals surface area contributed by atoms with Crippen molar-refractivity contribution in [3.8, 4) is 0 Å². The zero-order valence-corrected chi connectivity index (χ0v) is 16.5. The molecule has 0 radical (unpaired) electrons. The molecule has 20 heavy (non-hydrogen) atoms. The molecule has 1 aromatic rings. The summed E-state index contributed by atoms with van der Waals surface area (Å²) in [5, 5.41) is 0. The largest absolute Gasteiger partial charge is 0.323 e. The molecule has 4 heteroatoms. The fourth-order valence-electron chi connectivity index (χ4n) is 2.36. The Balaban J connectivity index is 2.01. The lowest BCUT2D eigenvalue weighted by Crippen LogP contribution is -2.08. The molecule has 0 aliphatic carbocycles. The van der Waals surface area contributed by atoms with Gasteiger partial charge in [-0.15, -0.1) is 11.3 Å². The summed E-state index contributed by atoms with van der Waals surface area (Å²) in [4.78, 5) is 1.28. The van der Waals surface area contributed by atoms with Crippen LogP contribution in [0.15, 0.2) is 14.3 Å². The second-order valence-corrected chi connectivity index (χ2v) is 8.75. The van der Waals surface area contributed by atoms with Gasteiger partial charge in [-0.05, 0) is 44.3 Å². The minimum Gasteiger partial charge on any atom is -0.323 e. The van der Waals surface area contributed by atoms with Gasteiger partial charge in [0.1, 0.15) is 0 Å². The predicted molar refractivity (Wildman–Crippen MR) is 98.5 cm³/mol. The molecular formula is C16H27Br2NS. The fraction of sp³-hybridized carbons (Fsp3) is 0.750. The highest BCUT2D eigenvalue weighted by Gasteiger charge is 2.11. The van der Waals surface area contributed by atoms with Gasteiger partial charge in [-0.1, -0.05) is 64.7 Å². The second-order valence-electron chi connectivity index (χ2n) is 5.49. The molecule has 0 saturated carbocycles. The lowest BCUT2D eigenvalue weighted by Gasteiger charge is -2.09. The molecule has 0 aromatic carbocycles. The van der Waals surface area contributed by atoms with Gasteiger partial charge in [0.05, 0.1) is 3.79 Å². The van der Waals surface area contributed by atoms with E-state index in [2.05, 4.69) is 44.8 Å². The van der Waals surface area contributed by atoms with E-state index < -0.39 is 0 Å². The van der Waals surface area contributed by atoms with Gasteiger partial charge in [0, 0.05) is 15.4 Å². The van der Waals surface area contributed by atoms with E-state index in [0.29, 0.717) is 0 Å². The molecule has 2 N–H and O–H groups in total. The summed E-state index contributed by atoms with van der Waals surface area (Å²) < 4.78 is 2.27. The topological polar surface area (TPSA) is 26.0 Å². The second kappa shape index (κ2) is 11.2. The first-order valence-corrected chi connectivity index (χ1v) is 10.3. The molecule has 0 amide bonds. The molecule has 0 fully saturated rings. The summed E-state index contributed by atoms with van der Waals surface area (Å²) in [6.07, 6.45) is 13.5. The predicted octanol–water partition coefficient (Wildman–Crippen LogP) is 7.19. The highest BCUT2D eigenvalue weighted by atomic mass is 79.9. The maximum absolute atomic E-state index is 6.24. The van der Waals surface area contributed by atoms with Crippen molar-refractivity contribution in [2.45, 2.75) is 77.2 Å². The number of hydrogen-bond donors (Lipinski definition) is 1. The van der Waals surface area contributed by atoms with Crippen molar-refractivity contribution in [2.24, 2.45) is 5.73 Å². The molecule has 116 valence electrons. The molecule has 1 heterocycles. The number of hydrogen-bond acceptors (Lipinski definition) is 2. The van der Waals surface area contributed by atoms with Crippen LogP contribution in [0.25, 0.3) is 0 Å². The maximum Gasteiger partial charge on any atom is 0.0843 e. The van der Waals surface area contributed by atoms with E-state index >= 15 is 0 Å². The summed E-state index contributed by atoms with van der Waals surface area (Å²) in [5.41, 5.74) is 6.24. The third kappa shape index (κ3) is 7.58. The first-order valence-electron chi connectivity index (χ1n) is 7.85. The van der Waals surface area contributed by atoms with Crippen LogP contribution in [0, 0.1) is 0 Å². The molecule has 0 bridgehead atoms. The van der Waals surface area contributed by atoms with E-state index in [1.807, 2.05) is 0 Å². The molecule has 0 saturated heterocycles. The Morgan fingerprint density at radius 2 is 1.55 bits per heavy atom. The summed E-state index contributed by atoms with van der Waals surface area (Å²) in [7, 11) is 0. The maximum atomic E-state index is 6.24. The van der Waals surface area contributed by atoms with Crippen LogP contribution in [-0.4, -0.2) is 0 Å². The summed E-state index contributed by atoms with van der Waals surface area (Å²) in [5.74, 6) is 0. The fourth-order valence-corrected chi connectivity index (χ4v) is 4.49. The van der Waals surface area contributed by atoms with Gasteiger partial charge in [0.15, 0.2) is 0 Å². The van der Waals surface area contributed by atoms with Gasteiger partial charge >= 0.3 is 0 Å². The Hall–Kier alpha value is 0.620. The third-order valence-electron chi connectivity index (χ3n) is 3.65. The van der Waals surface area contributed by atoms with E-state index in [0.717, 1.165) is 14.7 Å². The normalized spacial score (nSPS) is 12.8. The smallest absolute Gasteiger partial charge is 0.0843 e. The van der Waals surface area contributed by atoms with Gasteiger partial charge in [0.25, 0.3) is 0 Å². The average molecular weight is 425 g/mol. The lowest BCUT2D eigenvalue weighted by atomic mass is 10.0. The standard InChI is InChI=1S/C16H27Br2NS/c1-2-3-4-5-6-7-8-9-10-11-14(19)15-12-13(17)16(18)20-15/h12,14H,2-11,19H2,1H3. The minimum atomic E-state index is 0.201. The van der Waals surface area contributed by atoms with Crippen LogP contribution in [0.2, 0.25) is 0 Å². The van der Waals surface area contributed by atoms with Crippen LogP contribution in [-0.2, 0) is 0 Å². The van der Waals surface area contributed by atoms with Crippen molar-refractivity contribution < 1.29 is 0 Å². The number of thiophene rings is 1. The summed E-state index contributed by atoms with van der Waals surface area (Å²) in [6, 6.07) is 2.35. The number of nitrogens with two attached hydrogens (primary N) is 1. The number of rotatable bonds is 11. The first-order chi connectivity index (χ1) is 9.65. The molecule has 0 spiro atoms. The molecule has 1 unspecified atom stereocenters. The van der Waals surface area contributed by atoms with Crippen molar-refractivity contribution in [3.05, 3.63) is 19.2 Å². The van der Waals surface area contributed by atoms with Crippen LogP contribution >= 0.6 is 43.2 Å². The molecular weight excluding hydrogens is 398 g/mol. The van der Waals surface area contributed by atoms with E-state index in [4.69, 9.17) is 5.73 Å². The molecule has 1 aromatic heterocycles. The molecule has 1 atom stereocenters. The Morgan fingerprint density at radius 3 is 2.05 bits per heavy atom. The van der Waals surface area contributed by atoms with Gasteiger partial charge in [-0.2, -0.15) is 0 Å². The van der Waals surface area contributed by atoms with E-state index in [-0.39, 0.29) is 6.04 Å².